The molecule has 0 aliphatic heterocycles. The zero-order chi connectivity index (χ0) is 13.6. The highest BCUT2D eigenvalue weighted by Crippen LogP contribution is 2.28. The molecule has 0 aliphatic carbocycles. The lowest BCUT2D eigenvalue weighted by Crippen LogP contribution is -2.22. The Hall–Kier alpha value is -0.490. The Bertz CT molecular complexity index is 351. The van der Waals surface area contributed by atoms with Crippen LogP contribution in [0.2, 0.25) is 0 Å². The molecule has 0 saturated heterocycles. The highest BCUT2D eigenvalue weighted by molar-refractivity contribution is 9.10. The Balaban J connectivity index is 2.51. The highest BCUT2D eigenvalue weighted by atomic mass is 79.9. The van der Waals surface area contributed by atoms with E-state index in [0.717, 1.165) is 13.0 Å². The van der Waals surface area contributed by atoms with Gasteiger partial charge in [-0.3, -0.25) is 0 Å². The summed E-state index contributed by atoms with van der Waals surface area (Å²) in [6.07, 6.45) is -3.39. The molecule has 0 amide bonds. The van der Waals surface area contributed by atoms with Gasteiger partial charge in [0.25, 0.3) is 0 Å². The van der Waals surface area contributed by atoms with Crippen molar-refractivity contribution in [3.8, 4) is 0 Å². The van der Waals surface area contributed by atoms with Gasteiger partial charge in [-0.1, -0.05) is 6.92 Å². The summed E-state index contributed by atoms with van der Waals surface area (Å²) in [4.78, 5) is 0. The van der Waals surface area contributed by atoms with Gasteiger partial charge in [0.2, 0.25) is 0 Å². The first-order chi connectivity index (χ1) is 8.42. The summed E-state index contributed by atoms with van der Waals surface area (Å²) in [6.45, 7) is 2.77. The third kappa shape index (κ3) is 5.91. The van der Waals surface area contributed by atoms with E-state index < -0.39 is 12.6 Å². The fourth-order valence-corrected chi connectivity index (χ4v) is 2.00. The summed E-state index contributed by atoms with van der Waals surface area (Å²) in [6, 6.07) is 3.38. The van der Waals surface area contributed by atoms with Crippen molar-refractivity contribution < 1.29 is 17.6 Å². The fraction of sp³-hybridized carbons (Fsp3) is 0.667. The van der Waals surface area contributed by atoms with Crippen molar-refractivity contribution in [2.75, 3.05) is 6.54 Å². The molecule has 1 unspecified atom stereocenters. The van der Waals surface area contributed by atoms with Gasteiger partial charge in [0, 0.05) is 6.42 Å². The Morgan fingerprint density at radius 1 is 1.39 bits per heavy atom. The molecule has 1 aromatic rings. The van der Waals surface area contributed by atoms with Crippen LogP contribution in [0.5, 0.6) is 0 Å². The van der Waals surface area contributed by atoms with Crippen LogP contribution < -0.4 is 5.32 Å². The van der Waals surface area contributed by atoms with Crippen molar-refractivity contribution in [2.45, 2.75) is 44.8 Å². The lowest BCUT2D eigenvalue weighted by Gasteiger charge is -2.16. The maximum absolute atomic E-state index is 12.1. The van der Waals surface area contributed by atoms with Gasteiger partial charge in [-0.05, 0) is 53.9 Å². The Morgan fingerprint density at radius 2 is 2.11 bits per heavy atom. The van der Waals surface area contributed by atoms with Crippen LogP contribution in [0.15, 0.2) is 21.2 Å². The molecule has 6 heteroatoms. The second-order valence-corrected chi connectivity index (χ2v) is 4.94. The van der Waals surface area contributed by atoms with Crippen molar-refractivity contribution in [3.63, 3.8) is 0 Å². The minimum atomic E-state index is -4.08. The lowest BCUT2D eigenvalue weighted by atomic mass is 10.1. The molecule has 18 heavy (non-hydrogen) atoms. The lowest BCUT2D eigenvalue weighted by molar-refractivity contribution is -0.135. The van der Waals surface area contributed by atoms with Crippen molar-refractivity contribution >= 4 is 15.9 Å². The van der Waals surface area contributed by atoms with E-state index in [4.69, 9.17) is 4.42 Å². The maximum Gasteiger partial charge on any atom is 0.389 e. The Kier molecular flexibility index (Phi) is 6.21. The molecule has 0 fully saturated rings. The number of nitrogens with one attached hydrogen (secondary N) is 1. The van der Waals surface area contributed by atoms with Gasteiger partial charge in [-0.2, -0.15) is 13.2 Å². The van der Waals surface area contributed by atoms with Gasteiger partial charge >= 0.3 is 6.18 Å². The second-order valence-electron chi connectivity index (χ2n) is 4.16. The molecule has 1 rings (SSSR count). The molecular formula is C12H17BrF3NO. The first-order valence-corrected chi connectivity index (χ1v) is 6.77. The van der Waals surface area contributed by atoms with E-state index in [1.54, 1.807) is 12.1 Å². The molecule has 1 atom stereocenters. The topological polar surface area (TPSA) is 25.2 Å². The number of hydrogen-bond donors (Lipinski definition) is 1. The van der Waals surface area contributed by atoms with E-state index in [1.807, 2.05) is 6.92 Å². The second kappa shape index (κ2) is 7.19. The SMILES string of the molecule is CCCNC(CCCC(F)(F)F)c1ccc(Br)o1. The van der Waals surface area contributed by atoms with E-state index in [1.165, 1.54) is 0 Å². The van der Waals surface area contributed by atoms with Crippen molar-refractivity contribution in [2.24, 2.45) is 0 Å². The van der Waals surface area contributed by atoms with Crippen LogP contribution in [0.4, 0.5) is 13.2 Å². The molecule has 1 aromatic heterocycles. The smallest absolute Gasteiger partial charge is 0.389 e. The van der Waals surface area contributed by atoms with Gasteiger partial charge in [-0.25, -0.2) is 0 Å². The highest BCUT2D eigenvalue weighted by Gasteiger charge is 2.27. The fourth-order valence-electron chi connectivity index (χ4n) is 1.69. The van der Waals surface area contributed by atoms with E-state index in [9.17, 15) is 13.2 Å². The third-order valence-corrected chi connectivity index (χ3v) is 2.96. The predicted molar refractivity (Wildman–Crippen MR) is 67.3 cm³/mol. The first kappa shape index (κ1) is 15.6. The van der Waals surface area contributed by atoms with Crippen LogP contribution in [0, 0.1) is 0 Å². The molecule has 2 nitrogen and oxygen atoms in total. The molecule has 1 heterocycles. The summed E-state index contributed by atoms with van der Waals surface area (Å²) in [5.41, 5.74) is 0. The van der Waals surface area contributed by atoms with Crippen LogP contribution in [0.25, 0.3) is 0 Å². The number of rotatable bonds is 7. The summed E-state index contributed by atoms with van der Waals surface area (Å²) < 4.78 is 42.3. The average Bonchev–Trinajstić information content (AvgIpc) is 2.68. The minimum absolute atomic E-state index is 0.100. The van der Waals surface area contributed by atoms with Crippen LogP contribution in [0.3, 0.4) is 0 Å². The van der Waals surface area contributed by atoms with Crippen molar-refractivity contribution in [1.82, 2.24) is 5.32 Å². The van der Waals surface area contributed by atoms with Crippen LogP contribution in [-0.4, -0.2) is 12.7 Å². The zero-order valence-electron chi connectivity index (χ0n) is 10.2. The predicted octanol–water partition coefficient (Wildman–Crippen LogP) is 4.82. The Morgan fingerprint density at radius 3 is 2.61 bits per heavy atom. The molecule has 1 N–H and O–H groups in total. The molecule has 0 spiro atoms. The summed E-state index contributed by atoms with van der Waals surface area (Å²) in [5, 5.41) is 3.20. The first-order valence-electron chi connectivity index (χ1n) is 5.97. The minimum Gasteiger partial charge on any atom is -0.453 e. The molecule has 0 aromatic carbocycles. The maximum atomic E-state index is 12.1. The van der Waals surface area contributed by atoms with Gasteiger partial charge in [0.15, 0.2) is 4.67 Å². The standard InChI is InChI=1S/C12H17BrF3NO/c1-2-8-17-9(4-3-7-12(14,15)16)10-5-6-11(13)18-10/h5-6,9,17H,2-4,7-8H2,1H3. The zero-order valence-corrected chi connectivity index (χ0v) is 11.8. The molecule has 0 bridgehead atoms. The quantitative estimate of drug-likeness (QED) is 0.777. The number of furan rings is 1. The molecule has 0 aliphatic rings. The largest absolute Gasteiger partial charge is 0.453 e. The van der Waals surface area contributed by atoms with Crippen LogP contribution in [-0.2, 0) is 0 Å². The van der Waals surface area contributed by atoms with Crippen molar-refractivity contribution in [1.29, 1.82) is 0 Å². The number of halogens is 4. The van der Waals surface area contributed by atoms with E-state index in [2.05, 4.69) is 21.2 Å². The van der Waals surface area contributed by atoms with Crippen LogP contribution in [0.1, 0.15) is 44.4 Å². The van der Waals surface area contributed by atoms with E-state index in [0.29, 0.717) is 16.9 Å². The summed E-state index contributed by atoms with van der Waals surface area (Å²) >= 11 is 3.19. The summed E-state index contributed by atoms with van der Waals surface area (Å²) in [5.74, 6) is 0.678. The third-order valence-electron chi connectivity index (χ3n) is 2.53. The van der Waals surface area contributed by atoms with Gasteiger partial charge in [0.1, 0.15) is 5.76 Å². The number of hydrogen-bond acceptors (Lipinski definition) is 2. The molecular weight excluding hydrogens is 311 g/mol. The average molecular weight is 328 g/mol. The normalized spacial score (nSPS) is 13.8. The van der Waals surface area contributed by atoms with Crippen LogP contribution >= 0.6 is 15.9 Å². The summed E-state index contributed by atoms with van der Waals surface area (Å²) in [7, 11) is 0. The molecule has 0 radical (unpaired) electrons. The van der Waals surface area contributed by atoms with Gasteiger partial charge < -0.3 is 9.73 Å². The number of alkyl halides is 3. The molecule has 0 saturated carbocycles. The van der Waals surface area contributed by atoms with Gasteiger partial charge in [-0.15, -0.1) is 0 Å². The van der Waals surface area contributed by atoms with E-state index >= 15 is 0 Å². The monoisotopic (exact) mass is 327 g/mol. The Labute approximate surface area is 113 Å². The van der Waals surface area contributed by atoms with Gasteiger partial charge in [0.05, 0.1) is 6.04 Å². The van der Waals surface area contributed by atoms with Crippen molar-refractivity contribution in [3.05, 3.63) is 22.6 Å². The van der Waals surface area contributed by atoms with E-state index in [-0.39, 0.29) is 12.5 Å². The molecule has 104 valence electrons.